The third-order valence-corrected chi connectivity index (χ3v) is 3.33. The first-order valence-corrected chi connectivity index (χ1v) is 6.82. The molecule has 3 heterocycles. The molecular formula is C16H16N4O. The Balaban J connectivity index is 2.32. The van der Waals surface area contributed by atoms with Crippen LogP contribution in [0, 0.1) is 0 Å². The van der Waals surface area contributed by atoms with Gasteiger partial charge < -0.3 is 0 Å². The summed E-state index contributed by atoms with van der Waals surface area (Å²) in [6, 6.07) is 9.12. The van der Waals surface area contributed by atoms with Gasteiger partial charge in [0.1, 0.15) is 0 Å². The van der Waals surface area contributed by atoms with Crippen molar-refractivity contribution in [3.63, 3.8) is 0 Å². The maximum absolute atomic E-state index is 11.9. The zero-order chi connectivity index (χ0) is 15.0. The van der Waals surface area contributed by atoms with Crippen molar-refractivity contribution >= 4 is 11.6 Å². The predicted molar refractivity (Wildman–Crippen MR) is 83.2 cm³/mol. The zero-order valence-electron chi connectivity index (χ0n) is 12.0. The van der Waals surface area contributed by atoms with Gasteiger partial charge in [-0.1, -0.05) is 12.6 Å². The van der Waals surface area contributed by atoms with E-state index in [-0.39, 0.29) is 11.6 Å². The Morgan fingerprint density at radius 3 is 2.71 bits per heavy atom. The highest BCUT2D eigenvalue weighted by Gasteiger charge is 2.15. The lowest BCUT2D eigenvalue weighted by Crippen LogP contribution is -2.23. The highest BCUT2D eigenvalue weighted by molar-refractivity contribution is 5.84. The molecule has 0 spiro atoms. The van der Waals surface area contributed by atoms with E-state index in [4.69, 9.17) is 0 Å². The molecule has 0 unspecified atom stereocenters. The van der Waals surface area contributed by atoms with Crippen molar-refractivity contribution in [2.45, 2.75) is 19.9 Å². The van der Waals surface area contributed by atoms with Crippen LogP contribution in [0.2, 0.25) is 0 Å². The van der Waals surface area contributed by atoms with Crippen LogP contribution in [0.15, 0.2) is 47.9 Å². The van der Waals surface area contributed by atoms with Gasteiger partial charge in [0.25, 0.3) is 5.56 Å². The van der Waals surface area contributed by atoms with Gasteiger partial charge in [-0.25, -0.2) is 9.20 Å². The molecular weight excluding hydrogens is 264 g/mol. The third kappa shape index (κ3) is 2.16. The van der Waals surface area contributed by atoms with Crippen LogP contribution < -0.4 is 5.56 Å². The SMILES string of the molecule is C=Cc1nn2ccccc2c1-c1ccc(=O)n(C(C)C)n1. The van der Waals surface area contributed by atoms with Gasteiger partial charge >= 0.3 is 0 Å². The second-order valence-electron chi connectivity index (χ2n) is 5.09. The summed E-state index contributed by atoms with van der Waals surface area (Å²) in [7, 11) is 0. The van der Waals surface area contributed by atoms with Gasteiger partial charge in [-0.15, -0.1) is 0 Å². The summed E-state index contributed by atoms with van der Waals surface area (Å²) < 4.78 is 3.27. The van der Waals surface area contributed by atoms with Crippen LogP contribution in [0.5, 0.6) is 0 Å². The van der Waals surface area contributed by atoms with E-state index in [0.29, 0.717) is 0 Å². The number of nitrogens with zero attached hydrogens (tertiary/aromatic N) is 4. The molecule has 3 rings (SSSR count). The van der Waals surface area contributed by atoms with Crippen molar-refractivity contribution in [3.8, 4) is 11.3 Å². The van der Waals surface area contributed by atoms with Crippen molar-refractivity contribution in [2.24, 2.45) is 0 Å². The predicted octanol–water partition coefficient (Wildman–Crippen LogP) is 2.78. The van der Waals surface area contributed by atoms with Gasteiger partial charge in [0, 0.05) is 12.3 Å². The first-order chi connectivity index (χ1) is 10.1. The molecule has 0 aliphatic heterocycles. The quantitative estimate of drug-likeness (QED) is 0.741. The molecule has 0 fully saturated rings. The van der Waals surface area contributed by atoms with Gasteiger partial charge in [-0.3, -0.25) is 4.79 Å². The average molecular weight is 280 g/mol. The monoisotopic (exact) mass is 280 g/mol. The molecule has 5 nitrogen and oxygen atoms in total. The van der Waals surface area contributed by atoms with E-state index in [1.54, 1.807) is 22.7 Å². The van der Waals surface area contributed by atoms with Gasteiger partial charge in [0.05, 0.1) is 28.5 Å². The van der Waals surface area contributed by atoms with Gasteiger partial charge in [0.15, 0.2) is 0 Å². The van der Waals surface area contributed by atoms with E-state index >= 15 is 0 Å². The number of hydrogen-bond acceptors (Lipinski definition) is 3. The minimum Gasteiger partial charge on any atom is -0.268 e. The standard InChI is InChI=1S/C16H16N4O/c1-4-12-16(14-7-5-6-10-19(14)17-12)13-8-9-15(21)20(18-13)11(2)3/h4-11H,1H2,2-3H3. The lowest BCUT2D eigenvalue weighted by molar-refractivity contribution is 0.505. The zero-order valence-corrected chi connectivity index (χ0v) is 12.0. The molecule has 0 radical (unpaired) electrons. The second kappa shape index (κ2) is 5.01. The van der Waals surface area contributed by atoms with E-state index in [0.717, 1.165) is 22.5 Å². The molecule has 0 amide bonds. The van der Waals surface area contributed by atoms with Crippen molar-refractivity contribution in [2.75, 3.05) is 0 Å². The number of aromatic nitrogens is 4. The Morgan fingerprint density at radius 2 is 2.00 bits per heavy atom. The lowest BCUT2D eigenvalue weighted by Gasteiger charge is -2.09. The van der Waals surface area contributed by atoms with E-state index < -0.39 is 0 Å². The highest BCUT2D eigenvalue weighted by atomic mass is 16.1. The smallest absolute Gasteiger partial charge is 0.267 e. The molecule has 106 valence electrons. The molecule has 0 aliphatic carbocycles. The maximum Gasteiger partial charge on any atom is 0.267 e. The molecule has 0 bridgehead atoms. The summed E-state index contributed by atoms with van der Waals surface area (Å²) >= 11 is 0. The number of hydrogen-bond donors (Lipinski definition) is 0. The number of pyridine rings is 1. The maximum atomic E-state index is 11.9. The van der Waals surface area contributed by atoms with Crippen LogP contribution in [0.1, 0.15) is 25.6 Å². The van der Waals surface area contributed by atoms with Crippen LogP contribution in [-0.4, -0.2) is 19.4 Å². The van der Waals surface area contributed by atoms with Crippen LogP contribution in [-0.2, 0) is 0 Å². The summed E-state index contributed by atoms with van der Waals surface area (Å²) in [6.45, 7) is 7.68. The van der Waals surface area contributed by atoms with Gasteiger partial charge in [0.2, 0.25) is 0 Å². The topological polar surface area (TPSA) is 52.2 Å². The normalized spacial score (nSPS) is 11.2. The average Bonchev–Trinajstić information content (AvgIpc) is 2.86. The Hall–Kier alpha value is -2.69. The minimum absolute atomic E-state index is 0.00599. The minimum atomic E-state index is -0.106. The largest absolute Gasteiger partial charge is 0.268 e. The second-order valence-corrected chi connectivity index (χ2v) is 5.09. The summed E-state index contributed by atoms with van der Waals surface area (Å²) in [5, 5.41) is 8.95. The fourth-order valence-electron chi connectivity index (χ4n) is 2.35. The lowest BCUT2D eigenvalue weighted by atomic mass is 10.1. The Morgan fingerprint density at radius 1 is 1.19 bits per heavy atom. The number of rotatable bonds is 3. The Kier molecular flexibility index (Phi) is 3.17. The Bertz CT molecular complexity index is 873. The van der Waals surface area contributed by atoms with E-state index in [1.165, 1.54) is 4.68 Å². The summed E-state index contributed by atoms with van der Waals surface area (Å²) in [6.07, 6.45) is 3.58. The van der Waals surface area contributed by atoms with Gasteiger partial charge in [-0.05, 0) is 38.1 Å². The molecule has 0 aromatic carbocycles. The van der Waals surface area contributed by atoms with Crippen LogP contribution >= 0.6 is 0 Å². The fourth-order valence-corrected chi connectivity index (χ4v) is 2.35. The fraction of sp³-hybridized carbons (Fsp3) is 0.188. The number of fused-ring (bicyclic) bond motifs is 1. The summed E-state index contributed by atoms with van der Waals surface area (Å²) in [5.74, 6) is 0. The molecule has 0 atom stereocenters. The van der Waals surface area contributed by atoms with Crippen LogP contribution in [0.4, 0.5) is 0 Å². The van der Waals surface area contributed by atoms with Crippen molar-refractivity contribution in [1.82, 2.24) is 19.4 Å². The first-order valence-electron chi connectivity index (χ1n) is 6.82. The molecule has 0 aliphatic rings. The molecule has 5 heteroatoms. The third-order valence-electron chi connectivity index (χ3n) is 3.33. The van der Waals surface area contributed by atoms with E-state index in [9.17, 15) is 4.79 Å². The summed E-state index contributed by atoms with van der Waals surface area (Å²) in [4.78, 5) is 11.9. The Labute approximate surface area is 122 Å². The first kappa shape index (κ1) is 13.3. The van der Waals surface area contributed by atoms with E-state index in [1.807, 2.05) is 38.2 Å². The van der Waals surface area contributed by atoms with Crippen molar-refractivity contribution in [1.29, 1.82) is 0 Å². The van der Waals surface area contributed by atoms with Crippen molar-refractivity contribution < 1.29 is 0 Å². The van der Waals surface area contributed by atoms with Gasteiger partial charge in [-0.2, -0.15) is 10.2 Å². The van der Waals surface area contributed by atoms with E-state index in [2.05, 4.69) is 16.8 Å². The van der Waals surface area contributed by atoms with Crippen LogP contribution in [0.25, 0.3) is 22.9 Å². The van der Waals surface area contributed by atoms with Crippen molar-refractivity contribution in [3.05, 3.63) is 59.2 Å². The molecule has 3 aromatic rings. The molecule has 3 aromatic heterocycles. The highest BCUT2D eigenvalue weighted by Crippen LogP contribution is 2.27. The molecule has 21 heavy (non-hydrogen) atoms. The summed E-state index contributed by atoms with van der Waals surface area (Å²) in [5.41, 5.74) is 3.20. The molecule has 0 saturated heterocycles. The van der Waals surface area contributed by atoms with Crippen LogP contribution in [0.3, 0.4) is 0 Å². The molecule has 0 saturated carbocycles. The molecule has 0 N–H and O–H groups in total.